The van der Waals surface area contributed by atoms with E-state index in [0.717, 1.165) is 13.7 Å². The van der Waals surface area contributed by atoms with E-state index >= 15 is 0 Å². The fraction of sp³-hybridized carbons (Fsp3) is 0.545. The summed E-state index contributed by atoms with van der Waals surface area (Å²) in [6, 6.07) is 1.94. The normalized spacial score (nSPS) is 11.6. The fourth-order valence-corrected chi connectivity index (χ4v) is 2.90. The van der Waals surface area contributed by atoms with Crippen LogP contribution in [-0.4, -0.2) is 18.1 Å². The van der Waals surface area contributed by atoms with Crippen molar-refractivity contribution in [2.75, 3.05) is 6.54 Å². The van der Waals surface area contributed by atoms with E-state index in [1.807, 2.05) is 26.8 Å². The monoisotopic (exact) mass is 339 g/mol. The topological polar surface area (TPSA) is 38.3 Å². The molecule has 0 atom stereocenters. The molecule has 0 aliphatic heterocycles. The standard InChI is InChI=1S/C11H15BrClNO2S/c1-11(2,3)16-9(15)6-14-5-7-4-8(12)10(13)17-7/h4,14H,5-6H2,1-3H3. The zero-order valence-electron chi connectivity index (χ0n) is 9.97. The molecule has 1 N–H and O–H groups in total. The maximum Gasteiger partial charge on any atom is 0.320 e. The predicted molar refractivity (Wildman–Crippen MR) is 74.6 cm³/mol. The molecule has 0 spiro atoms. The van der Waals surface area contributed by atoms with Crippen LogP contribution in [0.15, 0.2) is 10.5 Å². The second kappa shape index (κ2) is 6.18. The molecule has 1 rings (SSSR count). The van der Waals surface area contributed by atoms with Gasteiger partial charge in [-0.15, -0.1) is 11.3 Å². The molecule has 0 aliphatic rings. The molecule has 3 nitrogen and oxygen atoms in total. The lowest BCUT2D eigenvalue weighted by Gasteiger charge is -2.19. The second-order valence-corrected chi connectivity index (χ2v) is 7.12. The minimum absolute atomic E-state index is 0.199. The molecule has 1 aromatic rings. The van der Waals surface area contributed by atoms with Crippen LogP contribution < -0.4 is 5.32 Å². The summed E-state index contributed by atoms with van der Waals surface area (Å²) in [5.41, 5.74) is -0.436. The summed E-state index contributed by atoms with van der Waals surface area (Å²) < 4.78 is 6.78. The first-order valence-electron chi connectivity index (χ1n) is 5.14. The Balaban J connectivity index is 2.31. The highest BCUT2D eigenvalue weighted by Crippen LogP contribution is 2.31. The molecule has 1 heterocycles. The first kappa shape index (κ1) is 15.0. The van der Waals surface area contributed by atoms with E-state index in [4.69, 9.17) is 16.3 Å². The Bertz CT molecular complexity index is 381. The summed E-state index contributed by atoms with van der Waals surface area (Å²) in [6.07, 6.45) is 0. The number of carbonyl (C=O) groups excluding carboxylic acids is 1. The summed E-state index contributed by atoms with van der Waals surface area (Å²) in [6.45, 7) is 6.35. The number of ether oxygens (including phenoxy) is 1. The Morgan fingerprint density at radius 2 is 2.24 bits per heavy atom. The zero-order chi connectivity index (χ0) is 13.1. The highest BCUT2D eigenvalue weighted by atomic mass is 79.9. The average Bonchev–Trinajstić information content (AvgIpc) is 2.43. The van der Waals surface area contributed by atoms with Crippen LogP contribution in [0.1, 0.15) is 25.6 Å². The van der Waals surface area contributed by atoms with Gasteiger partial charge in [0.05, 0.1) is 6.54 Å². The second-order valence-electron chi connectivity index (χ2n) is 4.52. The molecule has 6 heteroatoms. The van der Waals surface area contributed by atoms with Crippen LogP contribution in [0.4, 0.5) is 0 Å². The van der Waals surface area contributed by atoms with Gasteiger partial charge in [0.25, 0.3) is 0 Å². The molecule has 0 aromatic carbocycles. The molecule has 0 unspecified atom stereocenters. The molecule has 0 fully saturated rings. The van der Waals surface area contributed by atoms with E-state index < -0.39 is 5.60 Å². The van der Waals surface area contributed by atoms with Gasteiger partial charge >= 0.3 is 5.97 Å². The van der Waals surface area contributed by atoms with Crippen molar-refractivity contribution in [1.82, 2.24) is 5.32 Å². The third-order valence-corrected chi connectivity index (χ3v) is 4.16. The van der Waals surface area contributed by atoms with Gasteiger partial charge in [0.2, 0.25) is 0 Å². The predicted octanol–water partition coefficient (Wildman–Crippen LogP) is 3.60. The van der Waals surface area contributed by atoms with Gasteiger partial charge < -0.3 is 10.1 Å². The molecule has 1 aromatic heterocycles. The molecule has 17 heavy (non-hydrogen) atoms. The number of rotatable bonds is 4. The number of hydrogen-bond acceptors (Lipinski definition) is 4. The Labute approximate surface area is 119 Å². The maximum absolute atomic E-state index is 11.4. The average molecular weight is 341 g/mol. The summed E-state index contributed by atoms with van der Waals surface area (Å²) in [5, 5.41) is 3.02. The van der Waals surface area contributed by atoms with E-state index in [0.29, 0.717) is 6.54 Å². The number of nitrogens with one attached hydrogen (secondary N) is 1. The van der Waals surface area contributed by atoms with Gasteiger partial charge in [-0.05, 0) is 42.8 Å². The van der Waals surface area contributed by atoms with Crippen LogP contribution >= 0.6 is 38.9 Å². The van der Waals surface area contributed by atoms with E-state index in [-0.39, 0.29) is 12.5 Å². The van der Waals surface area contributed by atoms with Gasteiger partial charge in [-0.3, -0.25) is 4.79 Å². The Morgan fingerprint density at radius 1 is 1.59 bits per heavy atom. The molecule has 0 saturated heterocycles. The molecule has 96 valence electrons. The lowest BCUT2D eigenvalue weighted by molar-refractivity contribution is -0.153. The van der Waals surface area contributed by atoms with Gasteiger partial charge in [-0.2, -0.15) is 0 Å². The first-order valence-corrected chi connectivity index (χ1v) is 7.13. The number of hydrogen-bond donors (Lipinski definition) is 1. The lowest BCUT2D eigenvalue weighted by atomic mass is 10.2. The molecular weight excluding hydrogens is 326 g/mol. The van der Waals surface area contributed by atoms with Crippen molar-refractivity contribution in [1.29, 1.82) is 0 Å². The van der Waals surface area contributed by atoms with Crippen LogP contribution in [0.2, 0.25) is 4.34 Å². The first-order chi connectivity index (χ1) is 7.78. The molecular formula is C11H15BrClNO2S. The van der Waals surface area contributed by atoms with E-state index in [9.17, 15) is 4.79 Å². The summed E-state index contributed by atoms with van der Waals surface area (Å²) >= 11 is 10.7. The molecule has 0 amide bonds. The van der Waals surface area contributed by atoms with E-state index in [1.165, 1.54) is 11.3 Å². The third-order valence-electron chi connectivity index (χ3n) is 1.68. The summed E-state index contributed by atoms with van der Waals surface area (Å²) in [7, 11) is 0. The number of halogens is 2. The fourth-order valence-electron chi connectivity index (χ4n) is 1.14. The smallest absolute Gasteiger partial charge is 0.320 e. The highest BCUT2D eigenvalue weighted by molar-refractivity contribution is 9.10. The zero-order valence-corrected chi connectivity index (χ0v) is 13.1. The van der Waals surface area contributed by atoms with E-state index in [1.54, 1.807) is 0 Å². The van der Waals surface area contributed by atoms with Crippen LogP contribution in [-0.2, 0) is 16.1 Å². The SMILES string of the molecule is CC(C)(C)OC(=O)CNCc1cc(Br)c(Cl)s1. The Morgan fingerprint density at radius 3 is 2.71 bits per heavy atom. The summed E-state index contributed by atoms with van der Waals surface area (Å²) in [4.78, 5) is 12.5. The highest BCUT2D eigenvalue weighted by Gasteiger charge is 2.15. The number of esters is 1. The molecule has 0 radical (unpaired) electrons. The van der Waals surface area contributed by atoms with Crippen molar-refractivity contribution < 1.29 is 9.53 Å². The van der Waals surface area contributed by atoms with Crippen molar-refractivity contribution >= 4 is 44.8 Å². The lowest BCUT2D eigenvalue weighted by Crippen LogP contribution is -2.31. The third kappa shape index (κ3) is 5.86. The minimum Gasteiger partial charge on any atom is -0.459 e. The van der Waals surface area contributed by atoms with Gasteiger partial charge in [0, 0.05) is 15.9 Å². The Hall–Kier alpha value is -0.100. The van der Waals surface area contributed by atoms with Gasteiger partial charge in [0.15, 0.2) is 0 Å². The van der Waals surface area contributed by atoms with Crippen LogP contribution in [0.25, 0.3) is 0 Å². The number of carbonyl (C=O) groups is 1. The summed E-state index contributed by atoms with van der Waals surface area (Å²) in [5.74, 6) is -0.251. The van der Waals surface area contributed by atoms with Crippen molar-refractivity contribution in [3.63, 3.8) is 0 Å². The minimum atomic E-state index is -0.436. The van der Waals surface area contributed by atoms with Crippen molar-refractivity contribution in [2.45, 2.75) is 32.9 Å². The van der Waals surface area contributed by atoms with Crippen LogP contribution in [0, 0.1) is 0 Å². The van der Waals surface area contributed by atoms with Crippen molar-refractivity contribution in [2.24, 2.45) is 0 Å². The molecule has 0 saturated carbocycles. The van der Waals surface area contributed by atoms with Gasteiger partial charge in [0.1, 0.15) is 9.94 Å². The molecule has 0 bridgehead atoms. The van der Waals surface area contributed by atoms with Gasteiger partial charge in [-0.1, -0.05) is 11.6 Å². The largest absolute Gasteiger partial charge is 0.459 e. The quantitative estimate of drug-likeness (QED) is 0.851. The van der Waals surface area contributed by atoms with Crippen molar-refractivity contribution in [3.05, 3.63) is 19.8 Å². The van der Waals surface area contributed by atoms with Gasteiger partial charge in [-0.25, -0.2) is 0 Å². The Kier molecular flexibility index (Phi) is 5.44. The van der Waals surface area contributed by atoms with Crippen LogP contribution in [0.5, 0.6) is 0 Å². The molecule has 0 aliphatic carbocycles. The van der Waals surface area contributed by atoms with E-state index in [2.05, 4.69) is 21.2 Å². The van der Waals surface area contributed by atoms with Crippen LogP contribution in [0.3, 0.4) is 0 Å². The van der Waals surface area contributed by atoms with Crippen molar-refractivity contribution in [3.8, 4) is 0 Å². The number of thiophene rings is 1. The maximum atomic E-state index is 11.4.